The van der Waals surface area contributed by atoms with Gasteiger partial charge in [0.1, 0.15) is 23.4 Å². The molecule has 1 aromatic rings. The molecular formula is C18H22O5. The summed E-state index contributed by atoms with van der Waals surface area (Å²) in [5, 5.41) is 10.1. The molecule has 0 radical (unpaired) electrons. The molecule has 0 aliphatic heterocycles. The van der Waals surface area contributed by atoms with Crippen LogP contribution in [0.25, 0.3) is 0 Å². The molecule has 0 aliphatic carbocycles. The van der Waals surface area contributed by atoms with Crippen molar-refractivity contribution in [3.05, 3.63) is 51.1 Å². The maximum Gasteiger partial charge on any atom is 0.351 e. The zero-order valence-electron chi connectivity index (χ0n) is 13.9. The molecule has 0 amide bonds. The van der Waals surface area contributed by atoms with Gasteiger partial charge in [-0.15, -0.1) is 0 Å². The van der Waals surface area contributed by atoms with E-state index < -0.39 is 17.2 Å². The Labute approximate surface area is 135 Å². The largest absolute Gasteiger partial charge is 0.507 e. The molecule has 1 heterocycles. The van der Waals surface area contributed by atoms with Gasteiger partial charge in [0.2, 0.25) is 0 Å². The summed E-state index contributed by atoms with van der Waals surface area (Å²) in [6, 6.07) is 1.28. The highest BCUT2D eigenvalue weighted by atomic mass is 16.4. The molecule has 0 saturated heterocycles. The van der Waals surface area contributed by atoms with Crippen LogP contribution in [0.3, 0.4) is 0 Å². The number of aromatic hydroxyl groups is 1. The molecule has 1 rings (SSSR count). The van der Waals surface area contributed by atoms with E-state index in [1.807, 2.05) is 13.8 Å². The summed E-state index contributed by atoms with van der Waals surface area (Å²) >= 11 is 0. The first-order chi connectivity index (χ1) is 10.8. The predicted molar refractivity (Wildman–Crippen MR) is 87.9 cm³/mol. The minimum Gasteiger partial charge on any atom is -0.507 e. The number of carbonyl (C=O) groups excluding carboxylic acids is 2. The van der Waals surface area contributed by atoms with Crippen molar-refractivity contribution >= 4 is 12.1 Å². The van der Waals surface area contributed by atoms with E-state index in [1.54, 1.807) is 26.0 Å². The third kappa shape index (κ3) is 5.06. The van der Waals surface area contributed by atoms with Gasteiger partial charge in [-0.05, 0) is 32.8 Å². The summed E-state index contributed by atoms with van der Waals surface area (Å²) in [5.41, 5.74) is 0.100. The van der Waals surface area contributed by atoms with Crippen LogP contribution in [0.1, 0.15) is 62.6 Å². The Morgan fingerprint density at radius 1 is 1.30 bits per heavy atom. The van der Waals surface area contributed by atoms with Crippen molar-refractivity contribution in [2.24, 2.45) is 0 Å². The standard InChI is InChI=1S/C18H22O5/c1-11(2)7-8-13(4)17(21)16-14(20)10-15(23-18(16)22)12(3)6-5-9-19/h7-10,12,20H,5-6H2,1-4H3/b13-8+. The van der Waals surface area contributed by atoms with E-state index in [0.717, 1.165) is 11.9 Å². The maximum absolute atomic E-state index is 12.3. The van der Waals surface area contributed by atoms with E-state index >= 15 is 0 Å². The summed E-state index contributed by atoms with van der Waals surface area (Å²) in [7, 11) is 0. The molecule has 1 aromatic heterocycles. The van der Waals surface area contributed by atoms with Crippen LogP contribution >= 0.6 is 0 Å². The molecular weight excluding hydrogens is 296 g/mol. The van der Waals surface area contributed by atoms with E-state index in [-0.39, 0.29) is 17.2 Å². The number of allylic oxidation sites excluding steroid dienone is 4. The van der Waals surface area contributed by atoms with Gasteiger partial charge in [-0.3, -0.25) is 4.79 Å². The number of ketones is 1. The minimum atomic E-state index is -0.868. The Hall–Kier alpha value is -2.43. The van der Waals surface area contributed by atoms with Gasteiger partial charge in [0.15, 0.2) is 5.78 Å². The van der Waals surface area contributed by atoms with Crippen molar-refractivity contribution in [2.45, 2.75) is 46.5 Å². The fourth-order valence-corrected chi connectivity index (χ4v) is 1.98. The number of Topliss-reactive ketones (excluding diaryl/α,β-unsaturated/α-hetero) is 1. The zero-order valence-corrected chi connectivity index (χ0v) is 13.9. The van der Waals surface area contributed by atoms with Crippen LogP contribution in [0.2, 0.25) is 0 Å². The van der Waals surface area contributed by atoms with Crippen molar-refractivity contribution in [1.29, 1.82) is 0 Å². The molecule has 5 heteroatoms. The maximum atomic E-state index is 12.3. The first kappa shape index (κ1) is 18.6. The van der Waals surface area contributed by atoms with Crippen LogP contribution in [-0.2, 0) is 4.79 Å². The molecule has 0 aliphatic rings. The summed E-state index contributed by atoms with van der Waals surface area (Å²) in [4.78, 5) is 34.8. The summed E-state index contributed by atoms with van der Waals surface area (Å²) in [5.74, 6) is -0.910. The monoisotopic (exact) mass is 318 g/mol. The van der Waals surface area contributed by atoms with Crippen LogP contribution < -0.4 is 5.63 Å². The second kappa shape index (κ2) is 8.27. The Morgan fingerprint density at radius 2 is 1.96 bits per heavy atom. The molecule has 0 aromatic carbocycles. The molecule has 0 spiro atoms. The van der Waals surface area contributed by atoms with E-state index in [0.29, 0.717) is 18.4 Å². The second-order valence-electron chi connectivity index (χ2n) is 5.76. The smallest absolute Gasteiger partial charge is 0.351 e. The molecule has 1 unspecified atom stereocenters. The first-order valence-corrected chi connectivity index (χ1v) is 7.45. The Bertz CT molecular complexity index is 703. The zero-order chi connectivity index (χ0) is 17.6. The van der Waals surface area contributed by atoms with Crippen LogP contribution in [0.4, 0.5) is 0 Å². The summed E-state index contributed by atoms with van der Waals surface area (Å²) in [6.07, 6.45) is 4.96. The van der Waals surface area contributed by atoms with Crippen molar-refractivity contribution in [1.82, 2.24) is 0 Å². The number of hydrogen-bond acceptors (Lipinski definition) is 5. The average molecular weight is 318 g/mol. The number of carbonyl (C=O) groups is 2. The van der Waals surface area contributed by atoms with Crippen LogP contribution in [0.15, 0.2) is 38.6 Å². The van der Waals surface area contributed by atoms with Gasteiger partial charge >= 0.3 is 5.63 Å². The van der Waals surface area contributed by atoms with Crippen molar-refractivity contribution in [3.8, 4) is 5.75 Å². The molecule has 0 bridgehead atoms. The van der Waals surface area contributed by atoms with Crippen molar-refractivity contribution < 1.29 is 19.1 Å². The number of hydrogen-bond donors (Lipinski definition) is 1. The Morgan fingerprint density at radius 3 is 2.48 bits per heavy atom. The second-order valence-corrected chi connectivity index (χ2v) is 5.76. The van der Waals surface area contributed by atoms with Gasteiger partial charge < -0.3 is 14.3 Å². The highest BCUT2D eigenvalue weighted by Crippen LogP contribution is 2.25. The van der Waals surface area contributed by atoms with Crippen LogP contribution in [-0.4, -0.2) is 17.2 Å². The minimum absolute atomic E-state index is 0.203. The van der Waals surface area contributed by atoms with Gasteiger partial charge in [-0.25, -0.2) is 4.79 Å². The SMILES string of the molecule is CC(C)=C/C=C(\C)C(=O)c1c(O)cc(C(C)CCC=O)oc1=O. The first-order valence-electron chi connectivity index (χ1n) is 7.45. The molecule has 23 heavy (non-hydrogen) atoms. The molecule has 124 valence electrons. The van der Waals surface area contributed by atoms with Gasteiger partial charge in [0.25, 0.3) is 0 Å². The molecule has 0 saturated carbocycles. The molecule has 5 nitrogen and oxygen atoms in total. The predicted octanol–water partition coefficient (Wildman–Crippen LogP) is 3.52. The topological polar surface area (TPSA) is 84.6 Å². The normalized spacial score (nSPS) is 12.6. The summed E-state index contributed by atoms with van der Waals surface area (Å²) < 4.78 is 5.15. The van der Waals surface area contributed by atoms with E-state index in [4.69, 9.17) is 4.42 Å². The molecule has 1 N–H and O–H groups in total. The lowest BCUT2D eigenvalue weighted by atomic mass is 10.00. The van der Waals surface area contributed by atoms with Crippen LogP contribution in [0.5, 0.6) is 5.75 Å². The van der Waals surface area contributed by atoms with E-state index in [2.05, 4.69) is 0 Å². The third-order valence-electron chi connectivity index (χ3n) is 3.40. The Kier molecular flexibility index (Phi) is 6.69. The van der Waals surface area contributed by atoms with E-state index in [9.17, 15) is 19.5 Å². The quantitative estimate of drug-likeness (QED) is 0.360. The fourth-order valence-electron chi connectivity index (χ4n) is 1.98. The van der Waals surface area contributed by atoms with Gasteiger partial charge in [-0.1, -0.05) is 24.6 Å². The van der Waals surface area contributed by atoms with Gasteiger partial charge in [0, 0.05) is 18.4 Å². The van der Waals surface area contributed by atoms with E-state index in [1.165, 1.54) is 6.07 Å². The highest BCUT2D eigenvalue weighted by Gasteiger charge is 2.21. The Balaban J connectivity index is 3.18. The average Bonchev–Trinajstić information content (AvgIpc) is 2.49. The number of aldehydes is 1. The van der Waals surface area contributed by atoms with Crippen molar-refractivity contribution in [3.63, 3.8) is 0 Å². The molecule has 0 fully saturated rings. The fraction of sp³-hybridized carbons (Fsp3) is 0.389. The van der Waals surface area contributed by atoms with Gasteiger partial charge in [-0.2, -0.15) is 0 Å². The molecule has 1 atom stereocenters. The van der Waals surface area contributed by atoms with Crippen LogP contribution in [0, 0.1) is 0 Å². The number of rotatable bonds is 7. The summed E-state index contributed by atoms with van der Waals surface area (Å²) in [6.45, 7) is 7.12. The lowest BCUT2D eigenvalue weighted by Gasteiger charge is -2.10. The third-order valence-corrected chi connectivity index (χ3v) is 3.40. The highest BCUT2D eigenvalue weighted by molar-refractivity contribution is 6.09. The van der Waals surface area contributed by atoms with Gasteiger partial charge in [0.05, 0.1) is 0 Å². The lowest BCUT2D eigenvalue weighted by molar-refractivity contribution is -0.108. The lowest BCUT2D eigenvalue weighted by Crippen LogP contribution is -2.16. The van der Waals surface area contributed by atoms with Crippen molar-refractivity contribution in [2.75, 3.05) is 0 Å².